The molecule has 1 aromatic heterocycles. The van der Waals surface area contributed by atoms with E-state index in [0.717, 1.165) is 6.07 Å². The van der Waals surface area contributed by atoms with Gasteiger partial charge in [0.25, 0.3) is 5.56 Å². The van der Waals surface area contributed by atoms with Crippen LogP contribution in [-0.2, 0) is 9.53 Å². The molecule has 0 aromatic carbocycles. The van der Waals surface area contributed by atoms with E-state index >= 15 is 0 Å². The summed E-state index contributed by atoms with van der Waals surface area (Å²) in [6.07, 6.45) is -1.42. The first kappa shape index (κ1) is 16.6. The third-order valence-corrected chi connectivity index (χ3v) is 2.40. The molecule has 9 heteroatoms. The van der Waals surface area contributed by atoms with E-state index in [1.165, 1.54) is 0 Å². The number of ether oxygens (including phenoxy) is 1. The summed E-state index contributed by atoms with van der Waals surface area (Å²) in [5.41, 5.74) is -1.94. The zero-order valence-electron chi connectivity index (χ0n) is 12.0. The van der Waals surface area contributed by atoms with Crippen molar-refractivity contribution >= 4 is 11.9 Å². The van der Waals surface area contributed by atoms with Gasteiger partial charge in [0.15, 0.2) is 6.10 Å². The normalized spacial score (nSPS) is 12.7. The Morgan fingerprint density at radius 1 is 1.29 bits per heavy atom. The SMILES string of the molecule is C[N+](C)(C)CC(CC(=O)[O-])OC(=O)c1cc(=O)[nH]c(=O)[nH]1. The van der Waals surface area contributed by atoms with Crippen LogP contribution in [0.25, 0.3) is 0 Å². The van der Waals surface area contributed by atoms with Crippen LogP contribution in [0.15, 0.2) is 15.7 Å². The van der Waals surface area contributed by atoms with Gasteiger partial charge in [0, 0.05) is 18.5 Å². The highest BCUT2D eigenvalue weighted by Crippen LogP contribution is 2.07. The number of aliphatic carboxylic acids is 1. The number of aromatic amines is 2. The lowest BCUT2D eigenvalue weighted by Crippen LogP contribution is -2.45. The first-order valence-corrected chi connectivity index (χ1v) is 6.12. The van der Waals surface area contributed by atoms with Crippen LogP contribution in [0.5, 0.6) is 0 Å². The summed E-state index contributed by atoms with van der Waals surface area (Å²) in [4.78, 5) is 48.8. The molecule has 0 aliphatic rings. The molecular weight excluding hydrogens is 282 g/mol. The van der Waals surface area contributed by atoms with Crippen molar-refractivity contribution in [1.29, 1.82) is 0 Å². The molecule has 9 nitrogen and oxygen atoms in total. The van der Waals surface area contributed by atoms with Crippen molar-refractivity contribution in [3.8, 4) is 0 Å². The van der Waals surface area contributed by atoms with Crippen LogP contribution in [0.1, 0.15) is 16.9 Å². The van der Waals surface area contributed by atoms with Crippen LogP contribution in [0.3, 0.4) is 0 Å². The Bertz CT molecular complexity index is 611. The van der Waals surface area contributed by atoms with Crippen molar-refractivity contribution in [3.05, 3.63) is 32.6 Å². The number of H-pyrrole nitrogens is 2. The third-order valence-electron chi connectivity index (χ3n) is 2.40. The van der Waals surface area contributed by atoms with Gasteiger partial charge in [-0.15, -0.1) is 0 Å². The Labute approximate surface area is 119 Å². The molecule has 0 spiro atoms. The zero-order chi connectivity index (χ0) is 16.2. The molecule has 1 atom stereocenters. The Morgan fingerprint density at radius 3 is 2.38 bits per heavy atom. The number of esters is 1. The van der Waals surface area contributed by atoms with Gasteiger partial charge in [0.1, 0.15) is 12.2 Å². The van der Waals surface area contributed by atoms with Crippen molar-refractivity contribution < 1.29 is 23.9 Å². The number of hydrogen-bond donors (Lipinski definition) is 2. The number of carbonyl (C=O) groups excluding carboxylic acids is 2. The molecule has 1 heterocycles. The van der Waals surface area contributed by atoms with Gasteiger partial charge in [-0.25, -0.2) is 9.59 Å². The second kappa shape index (κ2) is 6.35. The van der Waals surface area contributed by atoms with Gasteiger partial charge in [0.2, 0.25) is 0 Å². The van der Waals surface area contributed by atoms with E-state index < -0.39 is 35.7 Å². The lowest BCUT2D eigenvalue weighted by atomic mass is 10.2. The molecule has 0 fully saturated rings. The second-order valence-electron chi connectivity index (χ2n) is 5.58. The number of quaternary nitrogens is 1. The topological polar surface area (TPSA) is 132 Å². The predicted octanol–water partition coefficient (Wildman–Crippen LogP) is -2.57. The van der Waals surface area contributed by atoms with Crippen LogP contribution < -0.4 is 16.4 Å². The Morgan fingerprint density at radius 2 is 1.90 bits per heavy atom. The van der Waals surface area contributed by atoms with Gasteiger partial charge in [0.05, 0.1) is 21.1 Å². The van der Waals surface area contributed by atoms with Crippen LogP contribution >= 0.6 is 0 Å². The average molecular weight is 299 g/mol. The Balaban J connectivity index is 2.91. The zero-order valence-corrected chi connectivity index (χ0v) is 12.0. The van der Waals surface area contributed by atoms with Crippen molar-refractivity contribution in [1.82, 2.24) is 9.97 Å². The summed E-state index contributed by atoms with van der Waals surface area (Å²) in [5, 5.41) is 10.7. The van der Waals surface area contributed by atoms with Gasteiger partial charge in [-0.2, -0.15) is 0 Å². The number of carboxylic acids is 1. The molecule has 1 rings (SSSR count). The van der Waals surface area contributed by atoms with Gasteiger partial charge in [-0.05, 0) is 0 Å². The van der Waals surface area contributed by atoms with Gasteiger partial charge in [-0.3, -0.25) is 9.78 Å². The van der Waals surface area contributed by atoms with E-state index in [4.69, 9.17) is 4.74 Å². The number of nitrogens with one attached hydrogen (secondary N) is 2. The van der Waals surface area contributed by atoms with Crippen LogP contribution in [0, 0.1) is 0 Å². The molecule has 0 aliphatic carbocycles. The molecule has 0 amide bonds. The quantitative estimate of drug-likeness (QED) is 0.438. The fraction of sp³-hybridized carbons (Fsp3) is 0.500. The summed E-state index contributed by atoms with van der Waals surface area (Å²) in [5.74, 6) is -2.33. The van der Waals surface area contributed by atoms with E-state index in [-0.39, 0.29) is 12.2 Å². The summed E-state index contributed by atoms with van der Waals surface area (Å²) in [6, 6.07) is 0.867. The monoisotopic (exact) mass is 299 g/mol. The number of carboxylic acid groups (broad SMARTS) is 1. The number of nitrogens with zero attached hydrogens (tertiary/aromatic N) is 1. The first-order chi connectivity index (χ1) is 9.56. The maximum absolute atomic E-state index is 11.9. The van der Waals surface area contributed by atoms with Crippen molar-refractivity contribution in [3.63, 3.8) is 0 Å². The smallest absolute Gasteiger partial charge is 0.355 e. The lowest BCUT2D eigenvalue weighted by molar-refractivity contribution is -0.873. The minimum atomic E-state index is -1.36. The Kier molecular flexibility index (Phi) is 5.03. The largest absolute Gasteiger partial charge is 0.550 e. The summed E-state index contributed by atoms with van der Waals surface area (Å²) in [7, 11) is 5.39. The third kappa shape index (κ3) is 6.04. The van der Waals surface area contributed by atoms with Crippen molar-refractivity contribution in [2.24, 2.45) is 0 Å². The summed E-state index contributed by atoms with van der Waals surface area (Å²) < 4.78 is 5.39. The maximum atomic E-state index is 11.9. The molecule has 1 unspecified atom stereocenters. The van der Waals surface area contributed by atoms with Gasteiger partial charge >= 0.3 is 11.7 Å². The van der Waals surface area contributed by atoms with E-state index in [2.05, 4.69) is 4.98 Å². The summed E-state index contributed by atoms with van der Waals surface area (Å²) in [6.45, 7) is 0.229. The molecule has 0 aliphatic heterocycles. The molecular formula is C12H17N3O6. The minimum Gasteiger partial charge on any atom is -0.550 e. The van der Waals surface area contributed by atoms with Crippen LogP contribution in [0.2, 0.25) is 0 Å². The van der Waals surface area contributed by atoms with Crippen LogP contribution in [0.4, 0.5) is 0 Å². The first-order valence-electron chi connectivity index (χ1n) is 6.12. The highest BCUT2D eigenvalue weighted by molar-refractivity contribution is 5.87. The average Bonchev–Trinajstić information content (AvgIpc) is 2.23. The fourth-order valence-corrected chi connectivity index (χ4v) is 1.73. The Hall–Kier alpha value is -2.42. The van der Waals surface area contributed by atoms with E-state index in [1.54, 1.807) is 21.1 Å². The molecule has 1 aromatic rings. The molecule has 0 saturated heterocycles. The maximum Gasteiger partial charge on any atom is 0.355 e. The minimum absolute atomic E-state index is 0.229. The number of carbonyl (C=O) groups is 2. The van der Waals surface area contributed by atoms with E-state index in [9.17, 15) is 24.3 Å². The molecule has 0 saturated carbocycles. The van der Waals surface area contributed by atoms with E-state index in [0.29, 0.717) is 4.48 Å². The highest BCUT2D eigenvalue weighted by atomic mass is 16.5. The van der Waals surface area contributed by atoms with E-state index in [1.807, 2.05) is 4.98 Å². The number of likely N-dealkylation sites (N-methyl/N-ethyl adjacent to an activating group) is 1. The molecule has 0 bridgehead atoms. The molecule has 2 N–H and O–H groups in total. The molecule has 21 heavy (non-hydrogen) atoms. The molecule has 116 valence electrons. The van der Waals surface area contributed by atoms with Gasteiger partial charge < -0.3 is 24.1 Å². The lowest BCUT2D eigenvalue weighted by Gasteiger charge is -2.29. The number of aromatic nitrogens is 2. The molecule has 0 radical (unpaired) electrons. The summed E-state index contributed by atoms with van der Waals surface area (Å²) >= 11 is 0. The number of hydrogen-bond acceptors (Lipinski definition) is 6. The van der Waals surface area contributed by atoms with Crippen molar-refractivity contribution in [2.45, 2.75) is 12.5 Å². The second-order valence-corrected chi connectivity index (χ2v) is 5.58. The standard InChI is InChI=1S/C12H17N3O6/c1-15(2,3)6-7(4-10(17)18)21-11(19)8-5-9(16)14-12(20)13-8/h5,7H,4,6H2,1-3H3,(H2-,13,14,16,17,18,20). The predicted molar refractivity (Wildman–Crippen MR) is 69.4 cm³/mol. The van der Waals surface area contributed by atoms with Crippen LogP contribution in [-0.4, -0.2) is 60.2 Å². The highest BCUT2D eigenvalue weighted by Gasteiger charge is 2.23. The van der Waals surface area contributed by atoms with Crippen molar-refractivity contribution in [2.75, 3.05) is 27.7 Å². The van der Waals surface area contributed by atoms with Gasteiger partial charge in [-0.1, -0.05) is 0 Å². The number of rotatable bonds is 6. The fourth-order valence-electron chi connectivity index (χ4n) is 1.73.